The van der Waals surface area contributed by atoms with E-state index in [1.165, 1.54) is 25.5 Å². The maximum Gasteiger partial charge on any atom is 0.125 e. The fraction of sp³-hybridized carbons (Fsp3) is 0.600. The summed E-state index contributed by atoms with van der Waals surface area (Å²) in [5.74, 6) is 0.178. The van der Waals surface area contributed by atoms with Crippen molar-refractivity contribution in [1.29, 1.82) is 0 Å². The van der Waals surface area contributed by atoms with E-state index in [1.807, 2.05) is 6.07 Å². The Hall–Kier alpha value is -0.800. The number of hydrogen-bond acceptors (Lipinski definition) is 2. The largest absolute Gasteiger partial charge is 0.366 e. The van der Waals surface area contributed by atoms with Crippen molar-refractivity contribution in [3.05, 3.63) is 29.6 Å². The van der Waals surface area contributed by atoms with Crippen molar-refractivity contribution in [2.75, 3.05) is 24.5 Å². The van der Waals surface area contributed by atoms with E-state index in [2.05, 4.69) is 16.7 Å². The second kappa shape index (κ2) is 5.29. The molecule has 104 valence electrons. The van der Waals surface area contributed by atoms with Gasteiger partial charge in [0.2, 0.25) is 0 Å². The molecule has 0 saturated carbocycles. The molecule has 19 heavy (non-hydrogen) atoms. The Morgan fingerprint density at radius 3 is 2.95 bits per heavy atom. The van der Waals surface area contributed by atoms with E-state index in [0.717, 1.165) is 24.3 Å². The molecule has 0 aliphatic carbocycles. The van der Waals surface area contributed by atoms with Gasteiger partial charge in [-0.3, -0.25) is 4.90 Å². The van der Waals surface area contributed by atoms with Crippen LogP contribution in [0.15, 0.2) is 18.2 Å². The van der Waals surface area contributed by atoms with Crippen LogP contribution in [0, 0.1) is 5.82 Å². The quantitative estimate of drug-likeness (QED) is 0.769. The number of nitrogens with zero attached hydrogens (tertiary/aromatic N) is 2. The average Bonchev–Trinajstić information content (AvgIpc) is 2.84. The third-order valence-electron chi connectivity index (χ3n) is 4.37. The fourth-order valence-electron chi connectivity index (χ4n) is 3.42. The number of hydrogen-bond donors (Lipinski definition) is 0. The molecule has 1 aromatic carbocycles. The third kappa shape index (κ3) is 2.59. The molecule has 2 heterocycles. The highest BCUT2D eigenvalue weighted by Crippen LogP contribution is 2.29. The zero-order valence-corrected chi connectivity index (χ0v) is 12.0. The van der Waals surface area contributed by atoms with Gasteiger partial charge in [-0.05, 0) is 50.1 Å². The van der Waals surface area contributed by atoms with Crippen LogP contribution in [0.1, 0.15) is 25.3 Å². The van der Waals surface area contributed by atoms with Crippen molar-refractivity contribution in [3.8, 4) is 0 Å². The average molecular weight is 283 g/mol. The van der Waals surface area contributed by atoms with Crippen molar-refractivity contribution in [3.63, 3.8) is 0 Å². The van der Waals surface area contributed by atoms with Crippen molar-refractivity contribution >= 4 is 17.3 Å². The number of halogens is 2. The Morgan fingerprint density at radius 2 is 2.16 bits per heavy atom. The first-order chi connectivity index (χ1) is 9.17. The summed E-state index contributed by atoms with van der Waals surface area (Å²) in [5.41, 5.74) is 1.84. The van der Waals surface area contributed by atoms with Gasteiger partial charge in [-0.25, -0.2) is 4.39 Å². The summed E-state index contributed by atoms with van der Waals surface area (Å²) in [6, 6.07) is 6.25. The lowest BCUT2D eigenvalue weighted by atomic mass is 10.1. The van der Waals surface area contributed by atoms with E-state index in [9.17, 15) is 4.39 Å². The predicted octanol–water partition coefficient (Wildman–Crippen LogP) is 3.24. The first kappa shape index (κ1) is 13.2. The number of benzene rings is 1. The van der Waals surface area contributed by atoms with Gasteiger partial charge in [-0.1, -0.05) is 0 Å². The molecule has 3 rings (SSSR count). The molecule has 0 N–H and O–H groups in total. The van der Waals surface area contributed by atoms with Gasteiger partial charge in [0.15, 0.2) is 0 Å². The molecule has 0 aromatic heterocycles. The summed E-state index contributed by atoms with van der Waals surface area (Å²) in [4.78, 5) is 4.91. The highest BCUT2D eigenvalue weighted by atomic mass is 35.5. The van der Waals surface area contributed by atoms with Gasteiger partial charge < -0.3 is 4.90 Å². The zero-order chi connectivity index (χ0) is 13.4. The molecular weight excluding hydrogens is 263 g/mol. The molecule has 2 saturated heterocycles. The third-order valence-corrected chi connectivity index (χ3v) is 4.67. The second-order valence-electron chi connectivity index (χ2n) is 5.74. The van der Waals surface area contributed by atoms with Gasteiger partial charge in [0.05, 0.1) is 0 Å². The van der Waals surface area contributed by atoms with Crippen LogP contribution >= 0.6 is 11.6 Å². The molecule has 0 radical (unpaired) electrons. The smallest absolute Gasteiger partial charge is 0.125 e. The Labute approximate surface area is 119 Å². The summed E-state index contributed by atoms with van der Waals surface area (Å²) in [6.07, 6.45) is 2.56. The molecule has 1 aromatic rings. The highest BCUT2D eigenvalue weighted by Gasteiger charge is 2.34. The standard InChI is InChI=1S/C15H20ClFN2/c1-11-9-18-4-2-3-14(18)10-19(11)15-6-12(8-16)5-13(17)7-15/h5-7,11,14H,2-4,8-10H2,1H3. The van der Waals surface area contributed by atoms with Crippen LogP contribution in [-0.2, 0) is 5.88 Å². The fourth-order valence-corrected chi connectivity index (χ4v) is 3.58. The molecule has 2 aliphatic heterocycles. The van der Waals surface area contributed by atoms with Crippen LogP contribution < -0.4 is 4.90 Å². The molecule has 2 aliphatic rings. The van der Waals surface area contributed by atoms with E-state index < -0.39 is 0 Å². The number of piperazine rings is 1. The van der Waals surface area contributed by atoms with Crippen LogP contribution in [-0.4, -0.2) is 36.6 Å². The van der Waals surface area contributed by atoms with Crippen molar-refractivity contribution in [1.82, 2.24) is 4.90 Å². The maximum atomic E-state index is 13.7. The summed E-state index contributed by atoms with van der Waals surface area (Å²) in [5, 5.41) is 0. The molecule has 2 fully saturated rings. The molecule has 2 atom stereocenters. The van der Waals surface area contributed by atoms with Crippen molar-refractivity contribution in [2.24, 2.45) is 0 Å². The zero-order valence-electron chi connectivity index (χ0n) is 11.3. The first-order valence-electron chi connectivity index (χ1n) is 7.03. The van der Waals surface area contributed by atoms with Gasteiger partial charge >= 0.3 is 0 Å². The molecule has 2 unspecified atom stereocenters. The second-order valence-corrected chi connectivity index (χ2v) is 6.01. The van der Waals surface area contributed by atoms with E-state index in [0.29, 0.717) is 18.0 Å². The van der Waals surface area contributed by atoms with E-state index in [4.69, 9.17) is 11.6 Å². The van der Waals surface area contributed by atoms with Gasteiger partial charge in [0, 0.05) is 36.7 Å². The molecule has 0 bridgehead atoms. The lowest BCUT2D eigenvalue weighted by molar-refractivity contribution is 0.203. The minimum atomic E-state index is -0.186. The SMILES string of the molecule is CC1CN2CCCC2CN1c1cc(F)cc(CCl)c1. The van der Waals surface area contributed by atoms with Gasteiger partial charge in [0.1, 0.15) is 5.82 Å². The van der Waals surface area contributed by atoms with E-state index in [1.54, 1.807) is 6.07 Å². The summed E-state index contributed by atoms with van der Waals surface area (Å²) < 4.78 is 13.7. The lowest BCUT2D eigenvalue weighted by Crippen LogP contribution is -2.55. The molecule has 2 nitrogen and oxygen atoms in total. The monoisotopic (exact) mass is 282 g/mol. The van der Waals surface area contributed by atoms with Gasteiger partial charge in [-0.2, -0.15) is 0 Å². The number of alkyl halides is 1. The first-order valence-corrected chi connectivity index (χ1v) is 7.57. The molecular formula is C15H20ClFN2. The minimum Gasteiger partial charge on any atom is -0.366 e. The number of rotatable bonds is 2. The molecule has 0 amide bonds. The van der Waals surface area contributed by atoms with Crippen molar-refractivity contribution in [2.45, 2.75) is 37.7 Å². The number of anilines is 1. The Bertz CT molecular complexity index is 465. The van der Waals surface area contributed by atoms with Crippen LogP contribution in [0.5, 0.6) is 0 Å². The highest BCUT2D eigenvalue weighted by molar-refractivity contribution is 6.17. The molecule has 4 heteroatoms. The Balaban J connectivity index is 1.86. The van der Waals surface area contributed by atoms with Crippen LogP contribution in [0.2, 0.25) is 0 Å². The maximum absolute atomic E-state index is 13.7. The summed E-state index contributed by atoms with van der Waals surface area (Å²) in [7, 11) is 0. The number of fused-ring (bicyclic) bond motifs is 1. The predicted molar refractivity (Wildman–Crippen MR) is 77.4 cm³/mol. The summed E-state index contributed by atoms with van der Waals surface area (Å²) in [6.45, 7) is 5.53. The van der Waals surface area contributed by atoms with E-state index in [-0.39, 0.29) is 5.82 Å². The van der Waals surface area contributed by atoms with Crippen LogP contribution in [0.25, 0.3) is 0 Å². The van der Waals surface area contributed by atoms with Crippen molar-refractivity contribution < 1.29 is 4.39 Å². The van der Waals surface area contributed by atoms with Gasteiger partial charge in [-0.15, -0.1) is 11.6 Å². The van der Waals surface area contributed by atoms with E-state index >= 15 is 0 Å². The van der Waals surface area contributed by atoms with Crippen LogP contribution in [0.3, 0.4) is 0 Å². The minimum absolute atomic E-state index is 0.186. The normalized spacial score (nSPS) is 27.6. The van der Waals surface area contributed by atoms with Crippen LogP contribution in [0.4, 0.5) is 10.1 Å². The topological polar surface area (TPSA) is 6.48 Å². The molecule has 0 spiro atoms. The lowest BCUT2D eigenvalue weighted by Gasteiger charge is -2.43. The summed E-state index contributed by atoms with van der Waals surface area (Å²) >= 11 is 5.84. The van der Waals surface area contributed by atoms with Gasteiger partial charge in [0.25, 0.3) is 0 Å². The Morgan fingerprint density at radius 1 is 1.32 bits per heavy atom. The Kier molecular flexibility index (Phi) is 3.68.